The van der Waals surface area contributed by atoms with Gasteiger partial charge in [-0.2, -0.15) is 5.10 Å². The van der Waals surface area contributed by atoms with Gasteiger partial charge in [0.15, 0.2) is 0 Å². The Hall–Kier alpha value is -1.69. The number of hydrogen-bond donors (Lipinski definition) is 1. The van der Waals surface area contributed by atoms with Crippen LogP contribution in [-0.4, -0.2) is 22.2 Å². The van der Waals surface area contributed by atoms with Crippen molar-refractivity contribution in [1.82, 2.24) is 15.1 Å². The number of nitrogens with one attached hydrogen (secondary N) is 1. The maximum absolute atomic E-state index is 12.7. The van der Waals surface area contributed by atoms with E-state index in [4.69, 9.17) is 0 Å². The van der Waals surface area contributed by atoms with Gasteiger partial charge < -0.3 is 5.32 Å². The van der Waals surface area contributed by atoms with Crippen molar-refractivity contribution in [1.29, 1.82) is 0 Å². The van der Waals surface area contributed by atoms with E-state index in [1.54, 1.807) is 0 Å². The summed E-state index contributed by atoms with van der Waals surface area (Å²) in [7, 11) is 0. The zero-order valence-corrected chi connectivity index (χ0v) is 12.7. The molecule has 0 unspecified atom stereocenters. The van der Waals surface area contributed by atoms with E-state index >= 15 is 0 Å². The zero-order valence-electron chi connectivity index (χ0n) is 11.1. The summed E-state index contributed by atoms with van der Waals surface area (Å²) >= 11 is 3.40. The lowest BCUT2D eigenvalue weighted by molar-refractivity contribution is 0.0952. The van der Waals surface area contributed by atoms with Gasteiger partial charge in [0.1, 0.15) is 5.82 Å². The summed E-state index contributed by atoms with van der Waals surface area (Å²) in [4.78, 5) is 11.8. The number of aryl methyl sites for hydroxylation is 2. The van der Waals surface area contributed by atoms with Gasteiger partial charge in [-0.15, -0.1) is 0 Å². The van der Waals surface area contributed by atoms with E-state index in [1.807, 2.05) is 17.8 Å². The number of hydrogen-bond acceptors (Lipinski definition) is 2. The van der Waals surface area contributed by atoms with Crippen LogP contribution < -0.4 is 5.32 Å². The van der Waals surface area contributed by atoms with Crippen LogP contribution in [0, 0.1) is 12.7 Å². The Morgan fingerprint density at radius 2 is 2.10 bits per heavy atom. The van der Waals surface area contributed by atoms with Crippen molar-refractivity contribution in [3.05, 3.63) is 52.0 Å². The third kappa shape index (κ3) is 3.90. The topological polar surface area (TPSA) is 46.9 Å². The molecule has 1 aromatic heterocycles. The molecule has 0 spiro atoms. The highest BCUT2D eigenvalue weighted by Crippen LogP contribution is 2.13. The summed E-state index contributed by atoms with van der Waals surface area (Å²) in [6.45, 7) is 3.21. The van der Waals surface area contributed by atoms with Crippen molar-refractivity contribution in [2.45, 2.75) is 19.9 Å². The Bertz CT molecular complexity index is 575. The molecule has 0 aliphatic carbocycles. The summed E-state index contributed by atoms with van der Waals surface area (Å²) < 4.78 is 15.5. The van der Waals surface area contributed by atoms with Crippen LogP contribution in [0.3, 0.4) is 0 Å². The number of nitrogens with zero attached hydrogens (tertiary/aromatic N) is 2. The van der Waals surface area contributed by atoms with Gasteiger partial charge in [-0.05, 0) is 53.5 Å². The van der Waals surface area contributed by atoms with Gasteiger partial charge in [0.25, 0.3) is 5.91 Å². The predicted molar refractivity (Wildman–Crippen MR) is 78.0 cm³/mol. The Morgan fingerprint density at radius 1 is 1.40 bits per heavy atom. The molecule has 4 nitrogen and oxygen atoms in total. The van der Waals surface area contributed by atoms with Crippen LogP contribution in [0.15, 0.2) is 34.9 Å². The second-order valence-electron chi connectivity index (χ2n) is 4.44. The molecule has 20 heavy (non-hydrogen) atoms. The van der Waals surface area contributed by atoms with Gasteiger partial charge in [-0.3, -0.25) is 9.48 Å². The maximum atomic E-state index is 12.7. The smallest absolute Gasteiger partial charge is 0.251 e. The van der Waals surface area contributed by atoms with Crippen molar-refractivity contribution in [2.24, 2.45) is 0 Å². The fraction of sp³-hybridized carbons (Fsp3) is 0.286. The first-order valence-electron chi connectivity index (χ1n) is 6.29. The maximum Gasteiger partial charge on any atom is 0.251 e. The van der Waals surface area contributed by atoms with Gasteiger partial charge in [0.05, 0.1) is 10.2 Å². The molecule has 0 radical (unpaired) electrons. The number of amides is 1. The SMILES string of the molecule is Cc1nn(CCCNC(=O)c2ccc(F)cc2)cc1Br. The molecule has 0 fully saturated rings. The average Bonchev–Trinajstić information content (AvgIpc) is 2.74. The Morgan fingerprint density at radius 3 is 2.70 bits per heavy atom. The van der Waals surface area contributed by atoms with Gasteiger partial charge in [0, 0.05) is 24.8 Å². The van der Waals surface area contributed by atoms with Crippen molar-refractivity contribution in [2.75, 3.05) is 6.54 Å². The molecule has 1 aromatic carbocycles. The lowest BCUT2D eigenvalue weighted by Crippen LogP contribution is -2.25. The lowest BCUT2D eigenvalue weighted by Gasteiger charge is -2.05. The van der Waals surface area contributed by atoms with Crippen molar-refractivity contribution >= 4 is 21.8 Å². The molecule has 6 heteroatoms. The van der Waals surface area contributed by atoms with E-state index in [-0.39, 0.29) is 11.7 Å². The number of carbonyl (C=O) groups excluding carboxylic acids is 1. The van der Waals surface area contributed by atoms with E-state index in [0.717, 1.165) is 23.1 Å². The largest absolute Gasteiger partial charge is 0.352 e. The van der Waals surface area contributed by atoms with Crippen molar-refractivity contribution in [3.63, 3.8) is 0 Å². The highest BCUT2D eigenvalue weighted by atomic mass is 79.9. The van der Waals surface area contributed by atoms with Gasteiger partial charge in [-0.25, -0.2) is 4.39 Å². The standard InChI is InChI=1S/C14H15BrFN3O/c1-10-13(15)9-19(18-10)8-2-7-17-14(20)11-3-5-12(16)6-4-11/h3-6,9H,2,7-8H2,1H3,(H,17,20). The minimum atomic E-state index is -0.346. The molecule has 1 amide bonds. The number of halogens is 2. The minimum absolute atomic E-state index is 0.192. The van der Waals surface area contributed by atoms with Crippen LogP contribution in [0.25, 0.3) is 0 Å². The van der Waals surface area contributed by atoms with Gasteiger partial charge >= 0.3 is 0 Å². The Kier molecular flexibility index (Phi) is 4.89. The molecule has 0 aliphatic rings. The van der Waals surface area contributed by atoms with Crippen molar-refractivity contribution in [3.8, 4) is 0 Å². The summed E-state index contributed by atoms with van der Waals surface area (Å²) in [5.41, 5.74) is 1.41. The van der Waals surface area contributed by atoms with Crippen LogP contribution in [0.2, 0.25) is 0 Å². The first-order chi connectivity index (χ1) is 9.56. The lowest BCUT2D eigenvalue weighted by atomic mass is 10.2. The van der Waals surface area contributed by atoms with E-state index in [9.17, 15) is 9.18 Å². The van der Waals surface area contributed by atoms with E-state index in [1.165, 1.54) is 24.3 Å². The fourth-order valence-electron chi connectivity index (χ4n) is 1.75. The highest BCUT2D eigenvalue weighted by Gasteiger charge is 2.05. The van der Waals surface area contributed by atoms with Gasteiger partial charge in [-0.1, -0.05) is 0 Å². The highest BCUT2D eigenvalue weighted by molar-refractivity contribution is 9.10. The molecule has 1 heterocycles. The van der Waals surface area contributed by atoms with Crippen LogP contribution in [0.4, 0.5) is 4.39 Å². The predicted octanol–water partition coefficient (Wildman–Crippen LogP) is 2.91. The number of carbonyl (C=O) groups is 1. The molecule has 106 valence electrons. The van der Waals surface area contributed by atoms with Crippen LogP contribution in [0.5, 0.6) is 0 Å². The molecular weight excluding hydrogens is 325 g/mol. The molecule has 2 aromatic rings. The van der Waals surface area contributed by atoms with Crippen LogP contribution in [-0.2, 0) is 6.54 Å². The molecule has 0 bridgehead atoms. The first-order valence-corrected chi connectivity index (χ1v) is 7.09. The second-order valence-corrected chi connectivity index (χ2v) is 5.30. The summed E-state index contributed by atoms with van der Waals surface area (Å²) in [6.07, 6.45) is 2.69. The summed E-state index contributed by atoms with van der Waals surface area (Å²) in [5, 5.41) is 7.11. The molecule has 0 aliphatic heterocycles. The van der Waals surface area contributed by atoms with E-state index in [0.29, 0.717) is 12.1 Å². The number of aromatic nitrogens is 2. The summed E-state index contributed by atoms with van der Waals surface area (Å²) in [6, 6.07) is 5.50. The molecule has 0 atom stereocenters. The number of benzene rings is 1. The van der Waals surface area contributed by atoms with E-state index < -0.39 is 0 Å². The Labute approximate surface area is 125 Å². The Balaban J connectivity index is 1.75. The molecule has 0 saturated heterocycles. The average molecular weight is 340 g/mol. The molecule has 1 N–H and O–H groups in total. The normalized spacial score (nSPS) is 10.6. The molecule has 2 rings (SSSR count). The fourth-order valence-corrected chi connectivity index (χ4v) is 2.07. The third-order valence-electron chi connectivity index (χ3n) is 2.84. The quantitative estimate of drug-likeness (QED) is 0.851. The zero-order chi connectivity index (χ0) is 14.5. The van der Waals surface area contributed by atoms with Crippen LogP contribution in [0.1, 0.15) is 22.5 Å². The first kappa shape index (κ1) is 14.7. The minimum Gasteiger partial charge on any atom is -0.352 e. The van der Waals surface area contributed by atoms with Gasteiger partial charge in [0.2, 0.25) is 0 Å². The molecular formula is C14H15BrFN3O. The monoisotopic (exact) mass is 339 g/mol. The van der Waals surface area contributed by atoms with Crippen LogP contribution >= 0.6 is 15.9 Å². The molecule has 0 saturated carbocycles. The van der Waals surface area contributed by atoms with E-state index in [2.05, 4.69) is 26.3 Å². The third-order valence-corrected chi connectivity index (χ3v) is 3.62. The van der Waals surface area contributed by atoms with Crippen molar-refractivity contribution < 1.29 is 9.18 Å². The summed E-state index contributed by atoms with van der Waals surface area (Å²) in [5.74, 6) is -0.538. The number of rotatable bonds is 5. The second kappa shape index (κ2) is 6.65.